The van der Waals surface area contributed by atoms with E-state index in [1.165, 1.54) is 7.05 Å². The third kappa shape index (κ3) is 3.25. The molecule has 6 nitrogen and oxygen atoms in total. The molecule has 0 aliphatic rings. The molecule has 0 unspecified atom stereocenters. The second-order valence-electron chi connectivity index (χ2n) is 4.10. The molecule has 1 aromatic heterocycles. The van der Waals surface area contributed by atoms with Gasteiger partial charge in [-0.05, 0) is 31.3 Å². The molecule has 0 aliphatic heterocycles. The van der Waals surface area contributed by atoms with Crippen molar-refractivity contribution in [3.8, 4) is 0 Å². The van der Waals surface area contributed by atoms with Crippen molar-refractivity contribution in [1.82, 2.24) is 14.5 Å². The molecule has 2 N–H and O–H groups in total. The molecule has 1 heterocycles. The molecule has 0 spiro atoms. The summed E-state index contributed by atoms with van der Waals surface area (Å²) in [5, 5.41) is 7.27. The average Bonchev–Trinajstić information content (AvgIpc) is 2.93. The molecule has 0 aliphatic carbocycles. The Labute approximate surface area is 118 Å². The molecule has 7 heteroatoms. The largest absolute Gasteiger partial charge is 0.381 e. The Hall–Kier alpha value is -2.12. The Kier molecular flexibility index (Phi) is 4.21. The van der Waals surface area contributed by atoms with Crippen LogP contribution in [0.25, 0.3) is 6.20 Å². The van der Waals surface area contributed by atoms with Gasteiger partial charge in [-0.1, -0.05) is 6.58 Å². The number of hydrogen-bond donors (Lipinski definition) is 2. The first kappa shape index (κ1) is 14.3. The summed E-state index contributed by atoms with van der Waals surface area (Å²) in [5.74, 6) is 0. The first-order chi connectivity index (χ1) is 9.55. The molecule has 106 valence electrons. The summed E-state index contributed by atoms with van der Waals surface area (Å²) in [4.78, 5) is 0.241. The minimum Gasteiger partial charge on any atom is -0.381 e. The molecule has 2 rings (SSSR count). The quantitative estimate of drug-likeness (QED) is 0.846. The van der Waals surface area contributed by atoms with Gasteiger partial charge in [0.15, 0.2) is 0 Å². The Morgan fingerprint density at radius 3 is 2.60 bits per heavy atom. The number of sulfonamides is 1. The number of anilines is 1. The highest BCUT2D eigenvalue weighted by molar-refractivity contribution is 7.89. The number of nitrogens with zero attached hydrogens (tertiary/aromatic N) is 2. The Morgan fingerprint density at radius 1 is 1.35 bits per heavy atom. The van der Waals surface area contributed by atoms with Crippen molar-refractivity contribution < 1.29 is 8.42 Å². The zero-order valence-electron chi connectivity index (χ0n) is 11.1. The maximum Gasteiger partial charge on any atom is 0.240 e. The van der Waals surface area contributed by atoms with E-state index in [4.69, 9.17) is 0 Å². The highest BCUT2D eigenvalue weighted by Gasteiger charge is 2.10. The van der Waals surface area contributed by atoms with Gasteiger partial charge in [-0.25, -0.2) is 17.8 Å². The lowest BCUT2D eigenvalue weighted by atomic mass is 10.3. The molecule has 0 amide bonds. The summed E-state index contributed by atoms with van der Waals surface area (Å²) in [5.41, 5.74) is 1.85. The minimum atomic E-state index is -3.38. The highest BCUT2D eigenvalue weighted by Crippen LogP contribution is 2.14. The van der Waals surface area contributed by atoms with Gasteiger partial charge in [-0.3, -0.25) is 0 Å². The van der Waals surface area contributed by atoms with Gasteiger partial charge >= 0.3 is 0 Å². The van der Waals surface area contributed by atoms with Crippen LogP contribution in [0.2, 0.25) is 0 Å². The summed E-state index contributed by atoms with van der Waals surface area (Å²) >= 11 is 0. The van der Waals surface area contributed by atoms with Crippen LogP contribution in [0.3, 0.4) is 0 Å². The Balaban J connectivity index is 2.02. The molecule has 0 saturated carbocycles. The standard InChI is InChI=1S/C13H16N4O2S/c1-3-17-10-11(9-16-17)8-15-12-4-6-13(7-5-12)20(18,19)14-2/h3-7,9-10,14-15H,1,8H2,2H3. The van der Waals surface area contributed by atoms with Gasteiger partial charge in [-0.2, -0.15) is 5.10 Å². The van der Waals surface area contributed by atoms with E-state index in [0.717, 1.165) is 11.3 Å². The van der Waals surface area contributed by atoms with Crippen LogP contribution in [-0.4, -0.2) is 25.2 Å². The van der Waals surface area contributed by atoms with E-state index in [1.54, 1.807) is 41.3 Å². The third-order valence-corrected chi connectivity index (χ3v) is 4.20. The maximum absolute atomic E-state index is 11.6. The van der Waals surface area contributed by atoms with E-state index >= 15 is 0 Å². The summed E-state index contributed by atoms with van der Waals surface area (Å²) < 4.78 is 27.1. The number of benzene rings is 1. The summed E-state index contributed by atoms with van der Waals surface area (Å²) in [6.07, 6.45) is 5.22. The van der Waals surface area contributed by atoms with E-state index in [1.807, 2.05) is 6.20 Å². The predicted octanol–water partition coefficient (Wildman–Crippen LogP) is 1.50. The Morgan fingerprint density at radius 2 is 2.05 bits per heavy atom. The zero-order chi connectivity index (χ0) is 14.6. The molecule has 0 radical (unpaired) electrons. The van der Waals surface area contributed by atoms with Crippen LogP contribution in [0, 0.1) is 0 Å². The lowest BCUT2D eigenvalue weighted by Gasteiger charge is -2.06. The molecule has 1 aromatic carbocycles. The van der Waals surface area contributed by atoms with E-state index in [9.17, 15) is 8.42 Å². The molecule has 0 bridgehead atoms. The van der Waals surface area contributed by atoms with Crippen molar-refractivity contribution in [3.05, 3.63) is 48.8 Å². The smallest absolute Gasteiger partial charge is 0.240 e. The van der Waals surface area contributed by atoms with E-state index < -0.39 is 10.0 Å². The fourth-order valence-corrected chi connectivity index (χ4v) is 2.37. The fraction of sp³-hybridized carbons (Fsp3) is 0.154. The van der Waals surface area contributed by atoms with Gasteiger partial charge in [0.05, 0.1) is 11.1 Å². The molecular weight excluding hydrogens is 276 g/mol. The van der Waals surface area contributed by atoms with Crippen LogP contribution in [-0.2, 0) is 16.6 Å². The normalized spacial score (nSPS) is 11.2. The van der Waals surface area contributed by atoms with Crippen molar-refractivity contribution in [1.29, 1.82) is 0 Å². The molecule has 0 saturated heterocycles. The summed E-state index contributed by atoms with van der Waals surface area (Å²) in [6.45, 7) is 4.22. The van der Waals surface area contributed by atoms with E-state index in [0.29, 0.717) is 6.54 Å². The zero-order valence-corrected chi connectivity index (χ0v) is 11.9. The average molecular weight is 292 g/mol. The Bertz CT molecular complexity index is 689. The van der Waals surface area contributed by atoms with E-state index in [-0.39, 0.29) is 4.90 Å². The van der Waals surface area contributed by atoms with Crippen LogP contribution in [0.5, 0.6) is 0 Å². The summed E-state index contributed by atoms with van der Waals surface area (Å²) in [6, 6.07) is 6.56. The van der Waals surface area contributed by atoms with Gasteiger partial charge in [0.25, 0.3) is 0 Å². The second kappa shape index (κ2) is 5.89. The maximum atomic E-state index is 11.6. The third-order valence-electron chi connectivity index (χ3n) is 2.77. The number of rotatable bonds is 6. The van der Waals surface area contributed by atoms with Crippen molar-refractivity contribution in [2.24, 2.45) is 0 Å². The van der Waals surface area contributed by atoms with Crippen molar-refractivity contribution >= 4 is 21.9 Å². The van der Waals surface area contributed by atoms with Crippen molar-refractivity contribution in [3.63, 3.8) is 0 Å². The first-order valence-corrected chi connectivity index (χ1v) is 7.46. The molecule has 20 heavy (non-hydrogen) atoms. The highest BCUT2D eigenvalue weighted by atomic mass is 32.2. The van der Waals surface area contributed by atoms with Gasteiger partial charge in [0.2, 0.25) is 10.0 Å². The minimum absolute atomic E-state index is 0.241. The summed E-state index contributed by atoms with van der Waals surface area (Å²) in [7, 11) is -2.00. The van der Waals surface area contributed by atoms with Crippen LogP contribution < -0.4 is 10.0 Å². The first-order valence-electron chi connectivity index (χ1n) is 5.98. The number of aromatic nitrogens is 2. The van der Waals surface area contributed by atoms with Crippen LogP contribution >= 0.6 is 0 Å². The van der Waals surface area contributed by atoms with Gasteiger partial charge in [-0.15, -0.1) is 0 Å². The monoisotopic (exact) mass is 292 g/mol. The SMILES string of the molecule is C=Cn1cc(CNc2ccc(S(=O)(=O)NC)cc2)cn1. The lowest BCUT2D eigenvalue weighted by molar-refractivity contribution is 0.588. The van der Waals surface area contributed by atoms with Crippen molar-refractivity contribution in [2.75, 3.05) is 12.4 Å². The van der Waals surface area contributed by atoms with Gasteiger partial charge < -0.3 is 5.32 Å². The molecule has 2 aromatic rings. The second-order valence-corrected chi connectivity index (χ2v) is 5.98. The predicted molar refractivity (Wildman–Crippen MR) is 78.6 cm³/mol. The molecular formula is C13H16N4O2S. The fourth-order valence-electron chi connectivity index (χ4n) is 1.64. The lowest BCUT2D eigenvalue weighted by Crippen LogP contribution is -2.18. The van der Waals surface area contributed by atoms with Gasteiger partial charge in [0.1, 0.15) is 0 Å². The van der Waals surface area contributed by atoms with Crippen molar-refractivity contribution in [2.45, 2.75) is 11.4 Å². The molecule has 0 fully saturated rings. The number of nitrogens with one attached hydrogen (secondary N) is 2. The van der Waals surface area contributed by atoms with E-state index in [2.05, 4.69) is 21.7 Å². The van der Waals surface area contributed by atoms with Crippen LogP contribution in [0.1, 0.15) is 5.56 Å². The van der Waals surface area contributed by atoms with Crippen LogP contribution in [0.15, 0.2) is 48.1 Å². The topological polar surface area (TPSA) is 76.0 Å². The van der Waals surface area contributed by atoms with Gasteiger partial charge in [0, 0.05) is 30.2 Å². The number of hydrogen-bond acceptors (Lipinski definition) is 4. The molecule has 0 atom stereocenters. The van der Waals surface area contributed by atoms with Crippen LogP contribution in [0.4, 0.5) is 5.69 Å².